The Hall–Kier alpha value is -0.510. The molecule has 1 aliphatic rings. The topological polar surface area (TPSA) is 27.1 Å². The number of alkyl halides is 1. The Balaban J connectivity index is 1.86. The second-order valence-corrected chi connectivity index (χ2v) is 4.87. The van der Waals surface area contributed by atoms with Crippen LogP contribution in [0.1, 0.15) is 26.2 Å². The summed E-state index contributed by atoms with van der Waals surface area (Å²) in [6.45, 7) is 3.78. The molecule has 1 saturated carbocycles. The van der Waals surface area contributed by atoms with Crippen LogP contribution in [-0.2, 0) is 6.54 Å². The summed E-state index contributed by atoms with van der Waals surface area (Å²) in [6.07, 6.45) is 7.65. The van der Waals surface area contributed by atoms with Gasteiger partial charge in [0.25, 0.3) is 0 Å². The van der Waals surface area contributed by atoms with Gasteiger partial charge < -0.3 is 4.74 Å². The highest BCUT2D eigenvalue weighted by atomic mass is 79.9. The molecular weight excluding hydrogens is 256 g/mol. The predicted octanol–water partition coefficient (Wildman–Crippen LogP) is 2.85. The number of nitrogens with zero attached hydrogens (tertiary/aromatic N) is 2. The molecule has 0 amide bonds. The molecule has 0 aromatic carbocycles. The molecule has 0 saturated heterocycles. The van der Waals surface area contributed by atoms with Gasteiger partial charge in [0.2, 0.25) is 0 Å². The number of halogens is 1. The average molecular weight is 273 g/mol. The molecule has 1 aromatic heterocycles. The van der Waals surface area contributed by atoms with Crippen molar-refractivity contribution in [1.82, 2.24) is 9.78 Å². The minimum absolute atomic E-state index is 0.383. The van der Waals surface area contributed by atoms with Crippen molar-refractivity contribution >= 4 is 15.9 Å². The average Bonchev–Trinajstić information content (AvgIpc) is 2.65. The molecule has 0 atom stereocenters. The molecule has 0 N–H and O–H groups in total. The predicted molar refractivity (Wildman–Crippen MR) is 63.5 cm³/mol. The maximum absolute atomic E-state index is 5.77. The van der Waals surface area contributed by atoms with Crippen molar-refractivity contribution in [3.63, 3.8) is 0 Å². The van der Waals surface area contributed by atoms with Crippen LogP contribution in [0.25, 0.3) is 0 Å². The summed E-state index contributed by atoms with van der Waals surface area (Å²) in [5, 5.41) is 5.23. The van der Waals surface area contributed by atoms with Crippen LogP contribution in [0.2, 0.25) is 0 Å². The normalized spacial score (nSPS) is 18.5. The van der Waals surface area contributed by atoms with Crippen molar-refractivity contribution in [3.05, 3.63) is 12.4 Å². The molecule has 1 heterocycles. The molecule has 1 aromatic rings. The van der Waals surface area contributed by atoms with E-state index in [4.69, 9.17) is 4.74 Å². The zero-order chi connectivity index (χ0) is 10.7. The Morgan fingerprint density at radius 3 is 2.87 bits per heavy atom. The molecule has 0 spiro atoms. The largest absolute Gasteiger partial charge is 0.490 e. The molecule has 84 valence electrons. The van der Waals surface area contributed by atoms with Gasteiger partial charge in [-0.2, -0.15) is 5.10 Å². The summed E-state index contributed by atoms with van der Waals surface area (Å²) in [5.74, 6) is 0.893. The Labute approximate surface area is 98.9 Å². The minimum atomic E-state index is 0.383. The van der Waals surface area contributed by atoms with E-state index < -0.39 is 0 Å². The first-order chi connectivity index (χ1) is 7.28. The highest BCUT2D eigenvalue weighted by molar-refractivity contribution is 9.09. The quantitative estimate of drug-likeness (QED) is 0.771. The molecule has 3 nitrogen and oxygen atoms in total. The van der Waals surface area contributed by atoms with Crippen LogP contribution in [-0.4, -0.2) is 21.7 Å². The van der Waals surface area contributed by atoms with Crippen molar-refractivity contribution in [2.24, 2.45) is 5.41 Å². The van der Waals surface area contributed by atoms with Crippen LogP contribution in [0.5, 0.6) is 5.75 Å². The maximum atomic E-state index is 5.77. The van der Waals surface area contributed by atoms with E-state index in [1.54, 1.807) is 6.20 Å². The highest BCUT2D eigenvalue weighted by Crippen LogP contribution is 2.42. The lowest BCUT2D eigenvalue weighted by Crippen LogP contribution is -2.37. The van der Waals surface area contributed by atoms with Gasteiger partial charge in [0, 0.05) is 17.3 Å². The summed E-state index contributed by atoms with van der Waals surface area (Å²) in [6, 6.07) is 0. The number of aromatic nitrogens is 2. The first kappa shape index (κ1) is 11.0. The number of rotatable bonds is 5. The summed E-state index contributed by atoms with van der Waals surface area (Å²) in [7, 11) is 0. The van der Waals surface area contributed by atoms with Gasteiger partial charge >= 0.3 is 0 Å². The van der Waals surface area contributed by atoms with Gasteiger partial charge in [0.15, 0.2) is 5.75 Å². The molecule has 0 bridgehead atoms. The van der Waals surface area contributed by atoms with Crippen molar-refractivity contribution < 1.29 is 4.74 Å². The standard InChI is InChI=1S/C11H17BrN2O/c1-2-14-7-10(6-13-14)15-9-11(8-12)4-3-5-11/h6-7H,2-5,8-9H2,1H3. The van der Waals surface area contributed by atoms with Crippen LogP contribution in [0.4, 0.5) is 0 Å². The molecule has 0 unspecified atom stereocenters. The third-order valence-electron chi connectivity index (χ3n) is 3.18. The van der Waals surface area contributed by atoms with E-state index in [1.165, 1.54) is 19.3 Å². The molecule has 0 aliphatic heterocycles. The van der Waals surface area contributed by atoms with Gasteiger partial charge in [-0.05, 0) is 19.8 Å². The molecule has 2 rings (SSSR count). The van der Waals surface area contributed by atoms with Crippen LogP contribution < -0.4 is 4.74 Å². The number of ether oxygens (including phenoxy) is 1. The fraction of sp³-hybridized carbons (Fsp3) is 0.727. The first-order valence-corrected chi connectivity index (χ1v) is 6.61. The highest BCUT2D eigenvalue weighted by Gasteiger charge is 2.36. The number of hydrogen-bond acceptors (Lipinski definition) is 2. The van der Waals surface area contributed by atoms with Crippen molar-refractivity contribution in [2.75, 3.05) is 11.9 Å². The second kappa shape index (κ2) is 4.56. The second-order valence-electron chi connectivity index (χ2n) is 4.31. The SMILES string of the molecule is CCn1cc(OCC2(CBr)CCC2)cn1. The van der Waals surface area contributed by atoms with E-state index in [1.807, 2.05) is 10.9 Å². The third kappa shape index (κ3) is 2.36. The fourth-order valence-electron chi connectivity index (χ4n) is 1.82. The van der Waals surface area contributed by atoms with E-state index in [0.29, 0.717) is 5.41 Å². The van der Waals surface area contributed by atoms with Crippen molar-refractivity contribution in [2.45, 2.75) is 32.7 Å². The summed E-state index contributed by atoms with van der Waals surface area (Å²) in [4.78, 5) is 0. The van der Waals surface area contributed by atoms with Gasteiger partial charge in [-0.25, -0.2) is 0 Å². The van der Waals surface area contributed by atoms with Crippen LogP contribution in [0, 0.1) is 5.41 Å². The molecule has 1 aliphatic carbocycles. The van der Waals surface area contributed by atoms with E-state index in [-0.39, 0.29) is 0 Å². The van der Waals surface area contributed by atoms with E-state index in [2.05, 4.69) is 28.0 Å². The summed E-state index contributed by atoms with van der Waals surface area (Å²) < 4.78 is 7.66. The van der Waals surface area contributed by atoms with Gasteiger partial charge in [-0.3, -0.25) is 4.68 Å². The van der Waals surface area contributed by atoms with E-state index >= 15 is 0 Å². The molecule has 1 fully saturated rings. The Kier molecular flexibility index (Phi) is 3.34. The molecule has 0 radical (unpaired) electrons. The summed E-state index contributed by atoms with van der Waals surface area (Å²) in [5.41, 5.74) is 0.383. The first-order valence-electron chi connectivity index (χ1n) is 5.49. The lowest BCUT2D eigenvalue weighted by Gasteiger charge is -2.39. The van der Waals surface area contributed by atoms with Crippen LogP contribution >= 0.6 is 15.9 Å². The van der Waals surface area contributed by atoms with Gasteiger partial charge in [-0.15, -0.1) is 0 Å². The molecular formula is C11H17BrN2O. The molecule has 4 heteroatoms. The fourth-order valence-corrected chi connectivity index (χ4v) is 2.54. The van der Waals surface area contributed by atoms with E-state index in [9.17, 15) is 0 Å². The molecule has 15 heavy (non-hydrogen) atoms. The Bertz CT molecular complexity index is 315. The van der Waals surface area contributed by atoms with Gasteiger partial charge in [0.05, 0.1) is 19.0 Å². The maximum Gasteiger partial charge on any atom is 0.157 e. The zero-order valence-electron chi connectivity index (χ0n) is 9.08. The lowest BCUT2D eigenvalue weighted by molar-refractivity contribution is 0.0838. The van der Waals surface area contributed by atoms with Crippen LogP contribution in [0.15, 0.2) is 12.4 Å². The third-order valence-corrected chi connectivity index (χ3v) is 4.37. The summed E-state index contributed by atoms with van der Waals surface area (Å²) >= 11 is 3.57. The number of aryl methyl sites for hydroxylation is 1. The minimum Gasteiger partial charge on any atom is -0.490 e. The Morgan fingerprint density at radius 1 is 1.60 bits per heavy atom. The van der Waals surface area contributed by atoms with Crippen LogP contribution in [0.3, 0.4) is 0 Å². The van der Waals surface area contributed by atoms with E-state index in [0.717, 1.165) is 24.2 Å². The lowest BCUT2D eigenvalue weighted by atomic mass is 9.71. The Morgan fingerprint density at radius 2 is 2.40 bits per heavy atom. The zero-order valence-corrected chi connectivity index (χ0v) is 10.7. The monoisotopic (exact) mass is 272 g/mol. The number of hydrogen-bond donors (Lipinski definition) is 0. The smallest absolute Gasteiger partial charge is 0.157 e. The van der Waals surface area contributed by atoms with Crippen molar-refractivity contribution in [1.29, 1.82) is 0 Å². The van der Waals surface area contributed by atoms with Gasteiger partial charge in [0.1, 0.15) is 0 Å². The van der Waals surface area contributed by atoms with Gasteiger partial charge in [-0.1, -0.05) is 22.4 Å². The van der Waals surface area contributed by atoms with Crippen molar-refractivity contribution in [3.8, 4) is 5.75 Å².